The fourth-order valence-corrected chi connectivity index (χ4v) is 1.69. The number of carbonyl (C=O) groups is 1. The molecule has 0 unspecified atom stereocenters. The monoisotopic (exact) mass is 172 g/mol. The van der Waals surface area contributed by atoms with Crippen LogP contribution in [-0.2, 0) is 4.79 Å². The van der Waals surface area contributed by atoms with Crippen molar-refractivity contribution in [3.8, 4) is 0 Å². The van der Waals surface area contributed by atoms with Crippen LogP contribution in [0.25, 0.3) is 11.3 Å². The van der Waals surface area contributed by atoms with E-state index in [1.165, 1.54) is 0 Å². The van der Waals surface area contributed by atoms with Crippen LogP contribution >= 0.6 is 0 Å². The molecule has 0 atom stereocenters. The van der Waals surface area contributed by atoms with E-state index in [0.29, 0.717) is 5.70 Å². The number of azo groups is 1. The molecule has 0 spiro atoms. The lowest BCUT2D eigenvalue weighted by atomic mass is 9.85. The lowest BCUT2D eigenvalue weighted by molar-refractivity contribution is -0.130. The average molecular weight is 172 g/mol. The van der Waals surface area contributed by atoms with Gasteiger partial charge < -0.3 is 5.11 Å². The van der Waals surface area contributed by atoms with Crippen LogP contribution in [0.4, 0.5) is 5.69 Å². The van der Waals surface area contributed by atoms with Crippen LogP contribution in [0.1, 0.15) is 11.1 Å². The highest BCUT2D eigenvalue weighted by Crippen LogP contribution is 2.50. The van der Waals surface area contributed by atoms with Gasteiger partial charge in [0.1, 0.15) is 5.70 Å². The van der Waals surface area contributed by atoms with E-state index >= 15 is 0 Å². The number of nitrogens with zero attached hydrogens (tertiary/aromatic N) is 2. The summed E-state index contributed by atoms with van der Waals surface area (Å²) in [4.78, 5) is 10.8. The Morgan fingerprint density at radius 3 is 2.92 bits per heavy atom. The molecule has 0 saturated heterocycles. The second kappa shape index (κ2) is 1.85. The van der Waals surface area contributed by atoms with E-state index in [1.807, 2.05) is 6.07 Å². The minimum absolute atomic E-state index is 0.290. The third-order valence-electron chi connectivity index (χ3n) is 2.26. The number of carboxylic acid groups (broad SMARTS) is 1. The van der Waals surface area contributed by atoms with Crippen molar-refractivity contribution in [1.29, 1.82) is 0 Å². The zero-order valence-corrected chi connectivity index (χ0v) is 6.48. The predicted molar refractivity (Wildman–Crippen MR) is 45.4 cm³/mol. The van der Waals surface area contributed by atoms with Gasteiger partial charge in [0.25, 0.3) is 0 Å². The first-order valence-corrected chi connectivity index (χ1v) is 3.82. The van der Waals surface area contributed by atoms with Crippen molar-refractivity contribution in [2.45, 2.75) is 0 Å². The zero-order chi connectivity index (χ0) is 9.00. The number of carboxylic acids is 1. The number of benzene rings is 1. The molecule has 1 aliphatic carbocycles. The smallest absolute Gasteiger partial charge is 0.338 e. The highest BCUT2D eigenvalue weighted by atomic mass is 16.4. The second-order valence-electron chi connectivity index (χ2n) is 2.93. The molecule has 4 nitrogen and oxygen atoms in total. The Bertz CT molecular complexity index is 500. The van der Waals surface area contributed by atoms with Crippen LogP contribution < -0.4 is 0 Å². The first-order chi connectivity index (χ1) is 6.29. The van der Waals surface area contributed by atoms with Crippen molar-refractivity contribution in [3.05, 3.63) is 29.3 Å². The van der Waals surface area contributed by atoms with Gasteiger partial charge in [0.15, 0.2) is 0 Å². The summed E-state index contributed by atoms with van der Waals surface area (Å²) in [5.74, 6) is -0.930. The van der Waals surface area contributed by atoms with E-state index in [4.69, 9.17) is 5.11 Å². The Morgan fingerprint density at radius 2 is 2.15 bits per heavy atom. The number of hydrogen-bond acceptors (Lipinski definition) is 3. The van der Waals surface area contributed by atoms with Crippen molar-refractivity contribution < 1.29 is 9.90 Å². The van der Waals surface area contributed by atoms with Crippen molar-refractivity contribution in [2.24, 2.45) is 10.2 Å². The van der Waals surface area contributed by atoms with Gasteiger partial charge >= 0.3 is 5.97 Å². The summed E-state index contributed by atoms with van der Waals surface area (Å²) in [6.45, 7) is 0. The first kappa shape index (κ1) is 6.54. The molecular weight excluding hydrogens is 168 g/mol. The predicted octanol–water partition coefficient (Wildman–Crippen LogP) is 2.05. The number of hydrogen-bond donors (Lipinski definition) is 1. The molecule has 0 fully saturated rings. The first-order valence-electron chi connectivity index (χ1n) is 3.82. The van der Waals surface area contributed by atoms with E-state index in [0.717, 1.165) is 16.8 Å². The maximum absolute atomic E-state index is 10.8. The van der Waals surface area contributed by atoms with Gasteiger partial charge in [0.2, 0.25) is 0 Å². The van der Waals surface area contributed by atoms with E-state index in [9.17, 15) is 4.79 Å². The van der Waals surface area contributed by atoms with Gasteiger partial charge in [-0.15, -0.1) is 10.2 Å². The zero-order valence-electron chi connectivity index (χ0n) is 6.48. The molecule has 1 aromatic carbocycles. The Morgan fingerprint density at radius 1 is 1.31 bits per heavy atom. The van der Waals surface area contributed by atoms with Gasteiger partial charge in [-0.25, -0.2) is 4.79 Å². The molecule has 4 heteroatoms. The van der Waals surface area contributed by atoms with Gasteiger partial charge in [0, 0.05) is 11.1 Å². The summed E-state index contributed by atoms with van der Waals surface area (Å²) in [5.41, 5.74) is 3.23. The van der Waals surface area contributed by atoms with Crippen LogP contribution in [0, 0.1) is 0 Å². The van der Waals surface area contributed by atoms with Crippen LogP contribution in [0.3, 0.4) is 0 Å². The lowest BCUT2D eigenvalue weighted by Crippen LogP contribution is -2.11. The molecule has 1 aromatic rings. The van der Waals surface area contributed by atoms with E-state index < -0.39 is 5.97 Å². The molecule has 2 aliphatic rings. The largest absolute Gasteiger partial charge is 0.478 e. The Kier molecular flexibility index (Phi) is 0.930. The van der Waals surface area contributed by atoms with Gasteiger partial charge in [0.05, 0.1) is 11.3 Å². The third kappa shape index (κ3) is 0.593. The maximum Gasteiger partial charge on any atom is 0.338 e. The third-order valence-corrected chi connectivity index (χ3v) is 2.26. The summed E-state index contributed by atoms with van der Waals surface area (Å²) in [7, 11) is 0. The Labute approximate surface area is 73.2 Å². The highest BCUT2D eigenvalue weighted by Gasteiger charge is 2.36. The lowest BCUT2D eigenvalue weighted by Gasteiger charge is -2.17. The fourth-order valence-electron chi connectivity index (χ4n) is 1.69. The summed E-state index contributed by atoms with van der Waals surface area (Å²) < 4.78 is 0. The van der Waals surface area contributed by atoms with Crippen LogP contribution in [-0.4, -0.2) is 11.1 Å². The number of aliphatic carboxylic acids is 1. The molecule has 0 bridgehead atoms. The molecule has 0 amide bonds. The second-order valence-corrected chi connectivity index (χ2v) is 2.93. The standard InChI is InChI=1S/C9H4N2O2/c12-9(13)7-4-2-1-3-5-6(4)8(7)11-10-5/h1-3H,(H,12,13). The van der Waals surface area contributed by atoms with Crippen LogP contribution in [0.15, 0.2) is 28.4 Å². The molecule has 0 saturated carbocycles. The fraction of sp³-hybridized carbons (Fsp3) is 0. The van der Waals surface area contributed by atoms with E-state index in [-0.39, 0.29) is 5.57 Å². The molecule has 1 heterocycles. The van der Waals surface area contributed by atoms with Gasteiger partial charge in [-0.05, 0) is 6.07 Å². The molecule has 13 heavy (non-hydrogen) atoms. The van der Waals surface area contributed by atoms with Gasteiger partial charge in [-0.2, -0.15) is 0 Å². The highest BCUT2D eigenvalue weighted by molar-refractivity contribution is 6.31. The molecule has 3 rings (SSSR count). The van der Waals surface area contributed by atoms with Crippen molar-refractivity contribution in [2.75, 3.05) is 0 Å². The Hall–Kier alpha value is -1.97. The molecule has 0 aromatic heterocycles. The van der Waals surface area contributed by atoms with Crippen molar-refractivity contribution in [3.63, 3.8) is 0 Å². The average Bonchev–Trinajstić information content (AvgIpc) is 2.43. The molecule has 0 radical (unpaired) electrons. The Balaban J connectivity index is 2.34. The molecule has 1 N–H and O–H groups in total. The summed E-state index contributed by atoms with van der Waals surface area (Å²) in [6, 6.07) is 5.40. The summed E-state index contributed by atoms with van der Waals surface area (Å²) in [6.07, 6.45) is 0. The van der Waals surface area contributed by atoms with Crippen molar-refractivity contribution in [1.82, 2.24) is 0 Å². The van der Waals surface area contributed by atoms with Crippen LogP contribution in [0.5, 0.6) is 0 Å². The van der Waals surface area contributed by atoms with Crippen LogP contribution in [0.2, 0.25) is 0 Å². The number of rotatable bonds is 1. The molecule has 62 valence electrons. The topological polar surface area (TPSA) is 62.0 Å². The SMILES string of the molecule is O=C(O)C1=C2N=Nc3cccc1c32. The van der Waals surface area contributed by atoms with E-state index in [1.54, 1.807) is 12.1 Å². The molecule has 1 aliphatic heterocycles. The minimum Gasteiger partial charge on any atom is -0.478 e. The summed E-state index contributed by atoms with van der Waals surface area (Å²) in [5, 5.41) is 16.5. The quantitative estimate of drug-likeness (QED) is 0.704. The minimum atomic E-state index is -0.930. The van der Waals surface area contributed by atoms with E-state index in [2.05, 4.69) is 10.2 Å². The summed E-state index contributed by atoms with van der Waals surface area (Å²) >= 11 is 0. The normalized spacial score (nSPS) is 15.7. The van der Waals surface area contributed by atoms with Gasteiger partial charge in [-0.1, -0.05) is 12.1 Å². The molecular formula is C9H4N2O2. The maximum atomic E-state index is 10.8. The van der Waals surface area contributed by atoms with Crippen molar-refractivity contribution >= 4 is 22.9 Å². The van der Waals surface area contributed by atoms with Gasteiger partial charge in [-0.3, -0.25) is 0 Å².